The van der Waals surface area contributed by atoms with E-state index >= 15 is 0 Å². The maximum atomic E-state index is 13.4. The van der Waals surface area contributed by atoms with Crippen LogP contribution in [0.25, 0.3) is 0 Å². The third-order valence-electron chi connectivity index (χ3n) is 5.05. The number of Topliss-reactive ketones (excluding diaryl/α,β-unsaturated/α-hetero) is 2. The average molecular weight is 378 g/mol. The van der Waals surface area contributed by atoms with Crippen molar-refractivity contribution in [2.45, 2.75) is 11.3 Å². The molecule has 0 saturated carbocycles. The van der Waals surface area contributed by atoms with Crippen LogP contribution >= 0.6 is 11.8 Å². The van der Waals surface area contributed by atoms with Crippen LogP contribution in [0.5, 0.6) is 0 Å². The predicted molar refractivity (Wildman–Crippen MR) is 108 cm³/mol. The van der Waals surface area contributed by atoms with Crippen molar-refractivity contribution in [3.8, 4) is 0 Å². The topological polar surface area (TPSA) is 40.6 Å². The number of thioether (sulfide) groups is 1. The van der Waals surface area contributed by atoms with E-state index in [4.69, 9.17) is 0 Å². The van der Waals surface area contributed by atoms with Crippen molar-refractivity contribution in [2.24, 2.45) is 0 Å². The van der Waals surface area contributed by atoms with Crippen molar-refractivity contribution < 1.29 is 9.59 Å². The van der Waals surface area contributed by atoms with Crippen LogP contribution in [-0.2, 0) is 0 Å². The van der Waals surface area contributed by atoms with Gasteiger partial charge in [-0.1, -0.05) is 54.2 Å². The van der Waals surface area contributed by atoms with Crippen molar-refractivity contribution in [3.63, 3.8) is 0 Å². The van der Waals surface area contributed by atoms with Gasteiger partial charge in [-0.3, -0.25) is 9.59 Å². The number of nitrogens with zero attached hydrogens (tertiary/aromatic N) is 2. The first kappa shape index (κ1) is 18.0. The van der Waals surface area contributed by atoms with Crippen molar-refractivity contribution in [3.05, 3.63) is 76.3 Å². The molecule has 4 nitrogen and oxygen atoms in total. The van der Waals surface area contributed by atoms with E-state index in [1.54, 1.807) is 12.1 Å². The first-order chi connectivity index (χ1) is 13.1. The van der Waals surface area contributed by atoms with Crippen LogP contribution in [0.2, 0.25) is 0 Å². The Balaban J connectivity index is 1.80. The highest BCUT2D eigenvalue weighted by atomic mass is 32.2. The van der Waals surface area contributed by atoms with E-state index in [0.29, 0.717) is 21.7 Å². The van der Waals surface area contributed by atoms with Crippen molar-refractivity contribution >= 4 is 23.3 Å². The Hall–Kier alpha value is -2.37. The molecule has 1 aliphatic heterocycles. The average Bonchev–Trinajstić information content (AvgIpc) is 2.91. The van der Waals surface area contributed by atoms with E-state index in [9.17, 15) is 9.59 Å². The van der Waals surface area contributed by atoms with Crippen molar-refractivity contribution in [2.75, 3.05) is 33.2 Å². The van der Waals surface area contributed by atoms with Crippen LogP contribution in [0.15, 0.2) is 70.1 Å². The molecule has 0 aromatic heterocycles. The summed E-state index contributed by atoms with van der Waals surface area (Å²) in [5.41, 5.74) is 1.60. The number of hydrogen-bond donors (Lipinski definition) is 0. The summed E-state index contributed by atoms with van der Waals surface area (Å²) in [6.45, 7) is 3.44. The smallest absolute Gasteiger partial charge is 0.211 e. The molecule has 0 amide bonds. The molecule has 2 aliphatic rings. The van der Waals surface area contributed by atoms with Gasteiger partial charge in [-0.2, -0.15) is 0 Å². The third-order valence-corrected chi connectivity index (χ3v) is 6.14. The summed E-state index contributed by atoms with van der Waals surface area (Å²) in [6.07, 6.45) is 0.979. The molecular weight excluding hydrogens is 356 g/mol. The molecule has 0 atom stereocenters. The van der Waals surface area contributed by atoms with E-state index in [-0.39, 0.29) is 11.6 Å². The summed E-state index contributed by atoms with van der Waals surface area (Å²) in [5.74, 6) is -0.0835. The number of ketones is 2. The number of allylic oxidation sites excluding steroid dienone is 2. The quantitative estimate of drug-likeness (QED) is 0.814. The maximum Gasteiger partial charge on any atom is 0.211 e. The minimum atomic E-state index is -0.0494. The molecule has 27 heavy (non-hydrogen) atoms. The van der Waals surface area contributed by atoms with Gasteiger partial charge in [-0.25, -0.2) is 0 Å². The molecule has 0 spiro atoms. The van der Waals surface area contributed by atoms with Crippen LogP contribution in [0.3, 0.4) is 0 Å². The standard InChI is InChI=1S/C22H22N2O2S/c1-23-12-7-13-24(15-14-23)19-20(25)17-10-5-6-11-18(17)21(26)22(19)27-16-8-3-2-4-9-16/h2-6,8-11H,7,12-15H2,1H3. The Morgan fingerprint density at radius 3 is 2.19 bits per heavy atom. The molecule has 138 valence electrons. The van der Waals surface area contributed by atoms with Gasteiger partial charge in [0.15, 0.2) is 0 Å². The van der Waals surface area contributed by atoms with Gasteiger partial charge in [0.1, 0.15) is 5.70 Å². The van der Waals surface area contributed by atoms with E-state index in [1.165, 1.54) is 11.8 Å². The van der Waals surface area contributed by atoms with Gasteiger partial charge in [0, 0.05) is 35.7 Å². The lowest BCUT2D eigenvalue weighted by Crippen LogP contribution is -2.36. The molecule has 1 fully saturated rings. The van der Waals surface area contributed by atoms with E-state index in [2.05, 4.69) is 16.8 Å². The SMILES string of the molecule is CN1CCCN(C2=C(Sc3ccccc3)C(=O)c3ccccc3C2=O)CC1. The second kappa shape index (κ2) is 7.71. The lowest BCUT2D eigenvalue weighted by molar-refractivity contribution is 0.0948. The maximum absolute atomic E-state index is 13.4. The van der Waals surface area contributed by atoms with Gasteiger partial charge in [-0.05, 0) is 32.1 Å². The monoisotopic (exact) mass is 378 g/mol. The normalized spacial score (nSPS) is 18.5. The first-order valence-electron chi connectivity index (χ1n) is 9.24. The Bertz CT molecular complexity index is 908. The zero-order valence-corrected chi connectivity index (χ0v) is 16.2. The van der Waals surface area contributed by atoms with Crippen LogP contribution < -0.4 is 0 Å². The fourth-order valence-electron chi connectivity index (χ4n) is 3.60. The summed E-state index contributed by atoms with van der Waals surface area (Å²) >= 11 is 1.40. The number of carbonyl (C=O) groups excluding carboxylic acids is 2. The van der Waals surface area contributed by atoms with Gasteiger partial charge in [0.2, 0.25) is 11.6 Å². The van der Waals surface area contributed by atoms with Crippen LogP contribution in [-0.4, -0.2) is 54.6 Å². The highest BCUT2D eigenvalue weighted by Gasteiger charge is 2.35. The minimum absolute atomic E-state index is 0.0341. The van der Waals surface area contributed by atoms with Crippen molar-refractivity contribution in [1.82, 2.24) is 9.80 Å². The van der Waals surface area contributed by atoms with E-state index < -0.39 is 0 Å². The lowest BCUT2D eigenvalue weighted by atomic mass is 9.91. The largest absolute Gasteiger partial charge is 0.366 e. The number of benzene rings is 2. The van der Waals surface area contributed by atoms with E-state index in [0.717, 1.165) is 37.5 Å². The zero-order valence-electron chi connectivity index (χ0n) is 15.4. The summed E-state index contributed by atoms with van der Waals surface area (Å²) in [6, 6.07) is 17.0. The highest BCUT2D eigenvalue weighted by Crippen LogP contribution is 2.38. The number of hydrogen-bond acceptors (Lipinski definition) is 5. The van der Waals surface area contributed by atoms with Gasteiger partial charge >= 0.3 is 0 Å². The highest BCUT2D eigenvalue weighted by molar-refractivity contribution is 8.04. The van der Waals surface area contributed by atoms with Crippen LogP contribution in [0.1, 0.15) is 27.1 Å². The molecule has 4 rings (SSSR count). The molecule has 1 saturated heterocycles. The summed E-state index contributed by atoms with van der Waals surface area (Å²) < 4.78 is 0. The fraction of sp³-hybridized carbons (Fsp3) is 0.273. The molecular formula is C22H22N2O2S. The van der Waals surface area contributed by atoms with Crippen molar-refractivity contribution in [1.29, 1.82) is 0 Å². The summed E-state index contributed by atoms with van der Waals surface area (Å²) in [5, 5.41) is 0. The molecule has 2 aromatic carbocycles. The van der Waals surface area contributed by atoms with Gasteiger partial charge < -0.3 is 9.80 Å². The fourth-order valence-corrected chi connectivity index (χ4v) is 4.65. The van der Waals surface area contributed by atoms with Crippen LogP contribution in [0.4, 0.5) is 0 Å². The Kier molecular flexibility index (Phi) is 5.14. The van der Waals surface area contributed by atoms with Gasteiger partial charge in [-0.15, -0.1) is 0 Å². The zero-order chi connectivity index (χ0) is 18.8. The Morgan fingerprint density at radius 2 is 1.44 bits per heavy atom. The Labute approximate surface area is 163 Å². The predicted octanol–water partition coefficient (Wildman–Crippen LogP) is 3.71. The third kappa shape index (κ3) is 3.57. The number of likely N-dealkylation sites (N-methyl/N-ethyl adjacent to an activating group) is 1. The van der Waals surface area contributed by atoms with Gasteiger partial charge in [0.25, 0.3) is 0 Å². The molecule has 0 bridgehead atoms. The number of rotatable bonds is 3. The molecule has 0 radical (unpaired) electrons. The molecule has 1 aliphatic carbocycles. The first-order valence-corrected chi connectivity index (χ1v) is 10.1. The molecule has 0 unspecified atom stereocenters. The second-order valence-corrected chi connectivity index (χ2v) is 8.02. The molecule has 2 aromatic rings. The Morgan fingerprint density at radius 1 is 0.778 bits per heavy atom. The molecule has 0 N–H and O–H groups in total. The van der Waals surface area contributed by atoms with Crippen LogP contribution in [0, 0.1) is 0 Å². The second-order valence-electron chi connectivity index (χ2n) is 6.94. The summed E-state index contributed by atoms with van der Waals surface area (Å²) in [4.78, 5) is 32.6. The lowest BCUT2D eigenvalue weighted by Gasteiger charge is -2.30. The number of carbonyl (C=O) groups is 2. The molecule has 5 heteroatoms. The molecule has 1 heterocycles. The van der Waals surface area contributed by atoms with E-state index in [1.807, 2.05) is 42.5 Å². The van der Waals surface area contributed by atoms with Gasteiger partial charge in [0.05, 0.1) is 4.91 Å². The minimum Gasteiger partial charge on any atom is -0.366 e. The summed E-state index contributed by atoms with van der Waals surface area (Å²) in [7, 11) is 2.10. The number of fused-ring (bicyclic) bond motifs is 1.